The molecule has 4 nitrogen and oxygen atoms in total. The Balaban J connectivity index is 1.95. The smallest absolute Gasteiger partial charge is 0.195 e. The lowest BCUT2D eigenvalue weighted by molar-refractivity contribution is 0.103. The lowest BCUT2D eigenvalue weighted by Gasteiger charge is -2.15. The largest absolute Gasteiger partial charge is 0.399 e. The van der Waals surface area contributed by atoms with Gasteiger partial charge in [0.1, 0.15) is 0 Å². The minimum Gasteiger partial charge on any atom is -0.399 e. The summed E-state index contributed by atoms with van der Waals surface area (Å²) in [6.45, 7) is 3.71. The molecule has 0 radical (unpaired) electrons. The minimum absolute atomic E-state index is 0.231. The topological polar surface area (TPSA) is 86.2 Å². The predicted molar refractivity (Wildman–Crippen MR) is 132 cm³/mol. The van der Waals surface area contributed by atoms with Crippen LogP contribution in [0.2, 0.25) is 10.0 Å². The third kappa shape index (κ3) is 3.72. The Morgan fingerprint density at radius 1 is 0.625 bits per heavy atom. The van der Waals surface area contributed by atoms with E-state index in [2.05, 4.69) is 0 Å². The number of aryl methyl sites for hydroxylation is 2. The van der Waals surface area contributed by atoms with Gasteiger partial charge in [-0.2, -0.15) is 0 Å². The Hall–Kier alpha value is -3.34. The third-order valence-electron chi connectivity index (χ3n) is 5.55. The highest BCUT2D eigenvalue weighted by atomic mass is 35.5. The quantitative estimate of drug-likeness (QED) is 0.271. The van der Waals surface area contributed by atoms with Crippen LogP contribution >= 0.6 is 23.2 Å². The van der Waals surface area contributed by atoms with Crippen molar-refractivity contribution in [3.8, 4) is 0 Å². The van der Waals surface area contributed by atoms with Crippen LogP contribution in [0.3, 0.4) is 0 Å². The summed E-state index contributed by atoms with van der Waals surface area (Å²) in [5.74, 6) is -0.461. The van der Waals surface area contributed by atoms with Gasteiger partial charge < -0.3 is 11.5 Å². The molecule has 0 aliphatic carbocycles. The molecule has 0 aromatic heterocycles. The number of nitrogen functional groups attached to an aromatic ring is 2. The van der Waals surface area contributed by atoms with Crippen molar-refractivity contribution in [2.75, 3.05) is 11.5 Å². The molecular weight excluding hydrogens is 443 g/mol. The number of rotatable bonds is 4. The van der Waals surface area contributed by atoms with Crippen LogP contribution in [0.1, 0.15) is 43.0 Å². The van der Waals surface area contributed by atoms with Crippen LogP contribution < -0.4 is 11.5 Å². The second-order valence-electron chi connectivity index (χ2n) is 7.75. The van der Waals surface area contributed by atoms with E-state index in [0.29, 0.717) is 44.4 Å². The molecule has 0 heterocycles. The maximum Gasteiger partial charge on any atom is 0.195 e. The molecule has 6 heteroatoms. The number of nitrogens with two attached hydrogens (primary N) is 2. The van der Waals surface area contributed by atoms with Crippen LogP contribution in [0.25, 0.3) is 10.8 Å². The molecule has 32 heavy (non-hydrogen) atoms. The molecule has 0 unspecified atom stereocenters. The normalized spacial score (nSPS) is 11.0. The second-order valence-corrected chi connectivity index (χ2v) is 8.56. The average molecular weight is 463 g/mol. The standard InChI is InChI=1S/C26H20Cl2N2O2/c1-13-3-7-18-17(23(13)25(31)19-9-5-15(29)11-21(19)27)8-4-14(2)24(18)26(32)20-10-6-16(30)12-22(20)28/h3-12H,29-30H2,1-2H3. The van der Waals surface area contributed by atoms with Crippen LogP contribution in [-0.2, 0) is 0 Å². The number of fused-ring (bicyclic) bond motifs is 1. The lowest BCUT2D eigenvalue weighted by atomic mass is 9.87. The zero-order valence-corrected chi connectivity index (χ0v) is 19.0. The van der Waals surface area contributed by atoms with Gasteiger partial charge in [0.05, 0.1) is 10.0 Å². The van der Waals surface area contributed by atoms with Crippen LogP contribution in [0.15, 0.2) is 60.7 Å². The van der Waals surface area contributed by atoms with E-state index in [9.17, 15) is 9.59 Å². The molecular formula is C26H20Cl2N2O2. The number of benzene rings is 4. The number of halogens is 2. The van der Waals surface area contributed by atoms with Gasteiger partial charge in [0, 0.05) is 33.6 Å². The van der Waals surface area contributed by atoms with Crippen molar-refractivity contribution in [2.45, 2.75) is 13.8 Å². The zero-order valence-electron chi connectivity index (χ0n) is 17.5. The second kappa shape index (κ2) is 8.30. The first-order chi connectivity index (χ1) is 15.2. The number of ketones is 2. The zero-order chi connectivity index (χ0) is 23.2. The first-order valence-corrected chi connectivity index (χ1v) is 10.7. The van der Waals surface area contributed by atoms with Crippen molar-refractivity contribution in [1.82, 2.24) is 0 Å². The number of hydrogen-bond acceptors (Lipinski definition) is 4. The van der Waals surface area contributed by atoms with Gasteiger partial charge in [-0.05, 0) is 72.1 Å². The molecule has 0 atom stereocenters. The first kappa shape index (κ1) is 21.9. The van der Waals surface area contributed by atoms with Gasteiger partial charge in [-0.15, -0.1) is 0 Å². The molecule has 0 bridgehead atoms. The van der Waals surface area contributed by atoms with Crippen LogP contribution in [0.5, 0.6) is 0 Å². The van der Waals surface area contributed by atoms with Gasteiger partial charge in [0.2, 0.25) is 0 Å². The third-order valence-corrected chi connectivity index (χ3v) is 6.17. The summed E-state index contributed by atoms with van der Waals surface area (Å²) in [5.41, 5.74) is 15.8. The first-order valence-electron chi connectivity index (χ1n) is 9.91. The highest BCUT2D eigenvalue weighted by Crippen LogP contribution is 2.33. The van der Waals surface area contributed by atoms with Crippen LogP contribution in [0.4, 0.5) is 11.4 Å². The molecule has 160 valence electrons. The number of carbonyl (C=O) groups is 2. The van der Waals surface area contributed by atoms with Gasteiger partial charge in [-0.3, -0.25) is 9.59 Å². The van der Waals surface area contributed by atoms with E-state index >= 15 is 0 Å². The molecule has 0 saturated heterocycles. The summed E-state index contributed by atoms with van der Waals surface area (Å²) in [5, 5.41) is 1.90. The van der Waals surface area contributed by atoms with E-state index in [1.54, 1.807) is 36.4 Å². The summed E-state index contributed by atoms with van der Waals surface area (Å²) in [6, 6.07) is 17.0. The highest BCUT2D eigenvalue weighted by molar-refractivity contribution is 6.37. The van der Waals surface area contributed by atoms with Gasteiger partial charge in [0.15, 0.2) is 11.6 Å². The fraction of sp³-hybridized carbons (Fsp3) is 0.0769. The lowest BCUT2D eigenvalue weighted by Crippen LogP contribution is -2.10. The van der Waals surface area contributed by atoms with Crippen LogP contribution in [0, 0.1) is 13.8 Å². The molecule has 0 aliphatic heterocycles. The van der Waals surface area contributed by atoms with E-state index < -0.39 is 0 Å². The predicted octanol–water partition coefficient (Wildman–Crippen LogP) is 6.39. The van der Waals surface area contributed by atoms with Gasteiger partial charge >= 0.3 is 0 Å². The maximum absolute atomic E-state index is 13.5. The van der Waals surface area contributed by atoms with Crippen molar-refractivity contribution >= 4 is 56.9 Å². The fourth-order valence-electron chi connectivity index (χ4n) is 3.93. The minimum atomic E-state index is -0.231. The molecule has 0 amide bonds. The summed E-state index contributed by atoms with van der Waals surface area (Å²) >= 11 is 12.6. The molecule has 4 rings (SSSR count). The molecule has 0 aliphatic rings. The summed E-state index contributed by atoms with van der Waals surface area (Å²) in [6.07, 6.45) is 0. The van der Waals surface area contributed by atoms with Crippen molar-refractivity contribution in [1.29, 1.82) is 0 Å². The Kier molecular flexibility index (Phi) is 5.68. The van der Waals surface area contributed by atoms with E-state index in [1.165, 1.54) is 0 Å². The van der Waals surface area contributed by atoms with E-state index in [0.717, 1.165) is 11.1 Å². The highest BCUT2D eigenvalue weighted by Gasteiger charge is 2.23. The summed E-state index contributed by atoms with van der Waals surface area (Å²) in [4.78, 5) is 27.0. The van der Waals surface area contributed by atoms with Crippen molar-refractivity contribution in [2.24, 2.45) is 0 Å². The Morgan fingerprint density at radius 2 is 1.00 bits per heavy atom. The Labute approximate surface area is 195 Å². The van der Waals surface area contributed by atoms with E-state index in [4.69, 9.17) is 34.7 Å². The molecule has 4 N–H and O–H groups in total. The molecule has 0 saturated carbocycles. The molecule has 0 spiro atoms. The molecule has 4 aromatic carbocycles. The van der Waals surface area contributed by atoms with Gasteiger partial charge in [0.25, 0.3) is 0 Å². The van der Waals surface area contributed by atoms with Crippen molar-refractivity contribution in [3.05, 3.63) is 104 Å². The van der Waals surface area contributed by atoms with Crippen LogP contribution in [-0.4, -0.2) is 11.6 Å². The van der Waals surface area contributed by atoms with Gasteiger partial charge in [-0.1, -0.05) is 47.5 Å². The monoisotopic (exact) mass is 462 g/mol. The average Bonchev–Trinajstić information content (AvgIpc) is 2.73. The summed E-state index contributed by atoms with van der Waals surface area (Å²) in [7, 11) is 0. The fourth-order valence-corrected chi connectivity index (χ4v) is 4.48. The molecule has 4 aromatic rings. The van der Waals surface area contributed by atoms with Crippen molar-refractivity contribution < 1.29 is 9.59 Å². The number of hydrogen-bond donors (Lipinski definition) is 2. The van der Waals surface area contributed by atoms with Gasteiger partial charge in [-0.25, -0.2) is 0 Å². The molecule has 0 fully saturated rings. The Bertz CT molecular complexity index is 1320. The summed E-state index contributed by atoms with van der Waals surface area (Å²) < 4.78 is 0. The SMILES string of the molecule is Cc1ccc2c(C(=O)c3ccc(N)cc3Cl)c(C)ccc2c1C(=O)c1ccc(N)cc1Cl. The van der Waals surface area contributed by atoms with Crippen molar-refractivity contribution in [3.63, 3.8) is 0 Å². The number of carbonyl (C=O) groups excluding carboxylic acids is 2. The number of anilines is 2. The van der Waals surface area contributed by atoms with E-state index in [1.807, 2.05) is 38.1 Å². The van der Waals surface area contributed by atoms with E-state index in [-0.39, 0.29) is 21.6 Å². The maximum atomic E-state index is 13.5. The Morgan fingerprint density at radius 3 is 1.34 bits per heavy atom.